The Hall–Kier alpha value is -1.35. The van der Waals surface area contributed by atoms with E-state index in [0.29, 0.717) is 5.78 Å². The van der Waals surface area contributed by atoms with Crippen molar-refractivity contribution in [3.8, 4) is 0 Å². The normalized spacial score (nSPS) is 14.8. The lowest BCUT2D eigenvalue weighted by molar-refractivity contribution is 0.0972. The minimum absolute atomic E-state index is 0.328. The molecule has 1 aliphatic rings. The van der Waals surface area contributed by atoms with Crippen LogP contribution in [0.3, 0.4) is 0 Å². The number of Topliss-reactive ketones (excluding diaryl/α,β-unsaturated/α-hetero) is 1. The van der Waals surface area contributed by atoms with Gasteiger partial charge in [-0.2, -0.15) is 0 Å². The first-order chi connectivity index (χ1) is 8.75. The van der Waals surface area contributed by atoms with Crippen LogP contribution in [0, 0.1) is 6.92 Å². The molecule has 0 amide bonds. The van der Waals surface area contributed by atoms with Crippen molar-refractivity contribution in [3.05, 3.63) is 45.4 Å². The van der Waals surface area contributed by atoms with Crippen LogP contribution in [0.5, 0.6) is 0 Å². The number of rotatable bonds is 3. The summed E-state index contributed by atoms with van der Waals surface area (Å²) < 4.78 is 2.34. The highest BCUT2D eigenvalue weighted by atomic mass is 32.1. The van der Waals surface area contributed by atoms with Crippen LogP contribution in [-0.2, 0) is 19.4 Å². The van der Waals surface area contributed by atoms with Gasteiger partial charge < -0.3 is 4.57 Å². The van der Waals surface area contributed by atoms with E-state index >= 15 is 0 Å². The van der Waals surface area contributed by atoms with Gasteiger partial charge in [0.1, 0.15) is 0 Å². The summed E-state index contributed by atoms with van der Waals surface area (Å²) >= 11 is 1.81. The molecule has 0 fully saturated rings. The predicted octanol–water partition coefficient (Wildman–Crippen LogP) is 3.62. The first-order valence-corrected chi connectivity index (χ1v) is 7.38. The quantitative estimate of drug-likeness (QED) is 0.825. The molecule has 3 rings (SSSR count). The van der Waals surface area contributed by atoms with E-state index in [1.807, 2.05) is 11.3 Å². The fraction of sp³-hybridized carbons (Fsp3) is 0.400. The molecule has 0 aliphatic heterocycles. The van der Waals surface area contributed by atoms with Crippen LogP contribution < -0.4 is 0 Å². The number of aromatic nitrogens is 1. The van der Waals surface area contributed by atoms with Gasteiger partial charge in [-0.3, -0.25) is 4.79 Å². The highest BCUT2D eigenvalue weighted by Gasteiger charge is 2.22. The number of fused-ring (bicyclic) bond motifs is 1. The maximum atomic E-state index is 11.9. The van der Waals surface area contributed by atoms with Crippen LogP contribution in [0.15, 0.2) is 23.6 Å². The van der Waals surface area contributed by atoms with Crippen molar-refractivity contribution in [2.24, 2.45) is 0 Å². The van der Waals surface area contributed by atoms with Gasteiger partial charge in [0.2, 0.25) is 0 Å². The molecular weight excluding hydrogens is 242 g/mol. The molecule has 0 atom stereocenters. The van der Waals surface area contributed by atoms with E-state index in [2.05, 4.69) is 35.1 Å². The smallest absolute Gasteiger partial charge is 0.164 e. The molecule has 3 heteroatoms. The number of hydrogen-bond acceptors (Lipinski definition) is 2. The molecule has 0 N–H and O–H groups in total. The van der Waals surface area contributed by atoms with Crippen molar-refractivity contribution in [3.63, 3.8) is 0 Å². The average molecular weight is 259 g/mol. The van der Waals surface area contributed by atoms with Crippen molar-refractivity contribution in [1.82, 2.24) is 4.57 Å². The van der Waals surface area contributed by atoms with Gasteiger partial charge in [-0.05, 0) is 43.7 Å². The first-order valence-electron chi connectivity index (χ1n) is 6.50. The zero-order chi connectivity index (χ0) is 12.5. The van der Waals surface area contributed by atoms with Crippen molar-refractivity contribution in [2.45, 2.75) is 39.2 Å². The summed E-state index contributed by atoms with van der Waals surface area (Å²) in [6.45, 7) is 3.11. The standard InChI is InChI=1S/C15H17NOS/c1-11-10-13-14(5-2-6-15(13)17)16(11)8-7-12-4-3-9-18-12/h3-4,9-10H,2,5-8H2,1H3. The lowest BCUT2D eigenvalue weighted by Gasteiger charge is -2.15. The zero-order valence-electron chi connectivity index (χ0n) is 10.6. The Kier molecular flexibility index (Phi) is 3.08. The van der Waals surface area contributed by atoms with E-state index in [0.717, 1.165) is 37.8 Å². The van der Waals surface area contributed by atoms with E-state index in [1.54, 1.807) is 0 Å². The Morgan fingerprint density at radius 3 is 3.06 bits per heavy atom. The minimum Gasteiger partial charge on any atom is -0.348 e. The molecule has 2 heterocycles. The summed E-state index contributed by atoms with van der Waals surface area (Å²) in [7, 11) is 0. The number of hydrogen-bond donors (Lipinski definition) is 0. The molecule has 0 radical (unpaired) electrons. The van der Waals surface area contributed by atoms with Crippen LogP contribution in [-0.4, -0.2) is 10.4 Å². The van der Waals surface area contributed by atoms with Gasteiger partial charge in [0.25, 0.3) is 0 Å². The van der Waals surface area contributed by atoms with E-state index in [4.69, 9.17) is 0 Å². The van der Waals surface area contributed by atoms with Crippen molar-refractivity contribution in [1.29, 1.82) is 0 Å². The second-order valence-electron chi connectivity index (χ2n) is 4.90. The zero-order valence-corrected chi connectivity index (χ0v) is 11.4. The summed E-state index contributed by atoms with van der Waals surface area (Å²) in [5.41, 5.74) is 3.47. The molecule has 1 aliphatic carbocycles. The van der Waals surface area contributed by atoms with Crippen molar-refractivity contribution >= 4 is 17.1 Å². The molecule has 2 aromatic heterocycles. The molecule has 2 nitrogen and oxygen atoms in total. The summed E-state index contributed by atoms with van der Waals surface area (Å²) in [6.07, 6.45) is 3.85. The van der Waals surface area contributed by atoms with Crippen LogP contribution >= 0.6 is 11.3 Å². The molecule has 2 aromatic rings. The summed E-state index contributed by atoms with van der Waals surface area (Å²) in [6, 6.07) is 6.36. The predicted molar refractivity (Wildman–Crippen MR) is 74.5 cm³/mol. The second kappa shape index (κ2) is 4.73. The van der Waals surface area contributed by atoms with E-state index < -0.39 is 0 Å². The van der Waals surface area contributed by atoms with Crippen molar-refractivity contribution < 1.29 is 4.79 Å². The van der Waals surface area contributed by atoms with Crippen LogP contribution in [0.25, 0.3) is 0 Å². The SMILES string of the molecule is Cc1cc2c(n1CCc1cccs1)CCCC2=O. The third-order valence-electron chi connectivity index (χ3n) is 3.70. The van der Waals surface area contributed by atoms with Gasteiger partial charge >= 0.3 is 0 Å². The van der Waals surface area contributed by atoms with Gasteiger partial charge in [0.05, 0.1) is 0 Å². The molecule has 0 saturated heterocycles. The third kappa shape index (κ3) is 2.03. The van der Waals surface area contributed by atoms with Gasteiger partial charge in [-0.15, -0.1) is 11.3 Å². The number of aryl methyl sites for hydroxylation is 2. The monoisotopic (exact) mass is 259 g/mol. The molecule has 0 bridgehead atoms. The number of ketones is 1. The number of carbonyl (C=O) groups is 1. The van der Waals surface area contributed by atoms with Crippen molar-refractivity contribution in [2.75, 3.05) is 0 Å². The Morgan fingerprint density at radius 1 is 1.39 bits per heavy atom. The van der Waals surface area contributed by atoms with Gasteiger partial charge in [0, 0.05) is 34.8 Å². The second-order valence-corrected chi connectivity index (χ2v) is 5.94. The summed E-state index contributed by atoms with van der Waals surface area (Å²) in [4.78, 5) is 13.3. The van der Waals surface area contributed by atoms with Gasteiger partial charge in [0.15, 0.2) is 5.78 Å². The van der Waals surface area contributed by atoms with Gasteiger partial charge in [-0.1, -0.05) is 6.07 Å². The molecular formula is C15H17NOS. The minimum atomic E-state index is 0.328. The highest BCUT2D eigenvalue weighted by Crippen LogP contribution is 2.25. The number of carbonyl (C=O) groups excluding carboxylic acids is 1. The van der Waals surface area contributed by atoms with Gasteiger partial charge in [-0.25, -0.2) is 0 Å². The Bertz CT molecular complexity index is 566. The molecule has 0 spiro atoms. The largest absolute Gasteiger partial charge is 0.348 e. The maximum absolute atomic E-state index is 11.9. The van der Waals surface area contributed by atoms with Crippen LogP contribution in [0.1, 0.15) is 39.5 Å². The Labute approximate surface area is 111 Å². The van der Waals surface area contributed by atoms with E-state index in [-0.39, 0.29) is 0 Å². The topological polar surface area (TPSA) is 22.0 Å². The van der Waals surface area contributed by atoms with Crippen LogP contribution in [0.2, 0.25) is 0 Å². The Morgan fingerprint density at radius 2 is 2.28 bits per heavy atom. The van der Waals surface area contributed by atoms with Crippen LogP contribution in [0.4, 0.5) is 0 Å². The lowest BCUT2D eigenvalue weighted by Crippen LogP contribution is -2.14. The fourth-order valence-electron chi connectivity index (χ4n) is 2.78. The average Bonchev–Trinajstić information content (AvgIpc) is 2.95. The molecule has 0 unspecified atom stereocenters. The summed E-state index contributed by atoms with van der Waals surface area (Å²) in [5.74, 6) is 0.328. The fourth-order valence-corrected chi connectivity index (χ4v) is 3.48. The number of thiophene rings is 1. The molecule has 18 heavy (non-hydrogen) atoms. The van der Waals surface area contributed by atoms with E-state index in [1.165, 1.54) is 16.3 Å². The Balaban J connectivity index is 1.85. The van der Waals surface area contributed by atoms with E-state index in [9.17, 15) is 4.79 Å². The molecule has 0 saturated carbocycles. The molecule has 94 valence electrons. The lowest BCUT2D eigenvalue weighted by atomic mass is 9.96. The highest BCUT2D eigenvalue weighted by molar-refractivity contribution is 7.09. The molecule has 0 aromatic carbocycles. The maximum Gasteiger partial charge on any atom is 0.164 e. The third-order valence-corrected chi connectivity index (χ3v) is 4.63. The summed E-state index contributed by atoms with van der Waals surface area (Å²) in [5, 5.41) is 2.12. The number of nitrogens with zero attached hydrogens (tertiary/aromatic N) is 1. The first kappa shape index (κ1) is 11.7.